The molecule has 0 aliphatic carbocycles. The number of fused-ring (bicyclic) bond motifs is 1. The second-order valence-electron chi connectivity index (χ2n) is 5.40. The fraction of sp³-hybridized carbons (Fsp3) is 0.353. The largest absolute Gasteiger partial charge is 0.464 e. The summed E-state index contributed by atoms with van der Waals surface area (Å²) < 4.78 is 15.9. The van der Waals surface area contributed by atoms with Gasteiger partial charge in [0.2, 0.25) is 12.7 Å². The van der Waals surface area contributed by atoms with Crippen molar-refractivity contribution in [1.82, 2.24) is 9.97 Å². The van der Waals surface area contributed by atoms with Gasteiger partial charge in [-0.25, -0.2) is 0 Å². The van der Waals surface area contributed by atoms with Crippen LogP contribution in [0.3, 0.4) is 0 Å². The second kappa shape index (κ2) is 6.74. The minimum atomic E-state index is -0.146. The van der Waals surface area contributed by atoms with Crippen LogP contribution in [0.1, 0.15) is 23.9 Å². The maximum absolute atomic E-state index is 12.3. The lowest BCUT2D eigenvalue weighted by molar-refractivity contribution is -0.115. The Kier molecular flexibility index (Phi) is 4.50. The van der Waals surface area contributed by atoms with Crippen LogP contribution in [-0.2, 0) is 11.2 Å². The summed E-state index contributed by atoms with van der Waals surface area (Å²) >= 11 is 0. The molecule has 7 nitrogen and oxygen atoms in total. The Hall–Kier alpha value is -2.83. The maximum atomic E-state index is 12.3. The molecule has 2 aromatic rings. The molecule has 1 aromatic carbocycles. The molecular formula is C17H19N3O4. The summed E-state index contributed by atoms with van der Waals surface area (Å²) in [5.74, 6) is 1.22. The summed E-state index contributed by atoms with van der Waals surface area (Å²) in [5.41, 5.74) is 2.80. The Balaban J connectivity index is 1.71. The topological polar surface area (TPSA) is 82.6 Å². The quantitative estimate of drug-likeness (QED) is 0.907. The SMILES string of the molecule is CCOc1nc(C)c(NC(=O)Cc2ccc3c(c2)OCO3)c(C)n1. The van der Waals surface area contributed by atoms with E-state index < -0.39 is 0 Å². The Morgan fingerprint density at radius 3 is 2.62 bits per heavy atom. The third-order valence-corrected chi connectivity index (χ3v) is 3.59. The molecular weight excluding hydrogens is 310 g/mol. The average molecular weight is 329 g/mol. The first kappa shape index (κ1) is 16.0. The van der Waals surface area contributed by atoms with E-state index in [0.29, 0.717) is 41.2 Å². The van der Waals surface area contributed by atoms with Crippen molar-refractivity contribution in [2.24, 2.45) is 0 Å². The smallest absolute Gasteiger partial charge is 0.316 e. The third kappa shape index (κ3) is 3.40. The monoisotopic (exact) mass is 329 g/mol. The number of amides is 1. The van der Waals surface area contributed by atoms with Gasteiger partial charge in [-0.3, -0.25) is 4.79 Å². The molecule has 0 unspecified atom stereocenters. The predicted octanol–water partition coefficient (Wildman–Crippen LogP) is 2.40. The number of aryl methyl sites for hydroxylation is 2. The predicted molar refractivity (Wildman–Crippen MR) is 87.6 cm³/mol. The lowest BCUT2D eigenvalue weighted by atomic mass is 10.1. The summed E-state index contributed by atoms with van der Waals surface area (Å²) in [4.78, 5) is 20.8. The number of benzene rings is 1. The normalized spacial score (nSPS) is 12.1. The number of hydrogen-bond acceptors (Lipinski definition) is 6. The summed E-state index contributed by atoms with van der Waals surface area (Å²) in [6.45, 7) is 6.21. The highest BCUT2D eigenvalue weighted by atomic mass is 16.7. The van der Waals surface area contributed by atoms with Crippen molar-refractivity contribution in [3.8, 4) is 17.5 Å². The molecule has 1 amide bonds. The van der Waals surface area contributed by atoms with Crippen LogP contribution in [-0.4, -0.2) is 29.3 Å². The van der Waals surface area contributed by atoms with Crippen LogP contribution in [0.15, 0.2) is 18.2 Å². The van der Waals surface area contributed by atoms with E-state index in [4.69, 9.17) is 14.2 Å². The number of anilines is 1. The Morgan fingerprint density at radius 1 is 1.21 bits per heavy atom. The molecule has 0 bridgehead atoms. The molecule has 2 heterocycles. The first-order chi connectivity index (χ1) is 11.6. The fourth-order valence-corrected chi connectivity index (χ4v) is 2.48. The zero-order valence-corrected chi connectivity index (χ0v) is 13.9. The van der Waals surface area contributed by atoms with E-state index in [1.807, 2.05) is 32.9 Å². The lowest BCUT2D eigenvalue weighted by Crippen LogP contribution is -2.17. The molecule has 0 atom stereocenters. The summed E-state index contributed by atoms with van der Waals surface area (Å²) in [6.07, 6.45) is 0.225. The molecule has 1 aromatic heterocycles. The van der Waals surface area contributed by atoms with Crippen molar-refractivity contribution in [3.05, 3.63) is 35.2 Å². The number of nitrogens with one attached hydrogen (secondary N) is 1. The lowest BCUT2D eigenvalue weighted by Gasteiger charge is -2.12. The van der Waals surface area contributed by atoms with E-state index in [9.17, 15) is 4.79 Å². The van der Waals surface area contributed by atoms with E-state index in [2.05, 4.69) is 15.3 Å². The van der Waals surface area contributed by atoms with Gasteiger partial charge in [-0.15, -0.1) is 0 Å². The molecule has 1 aliphatic heterocycles. The van der Waals surface area contributed by atoms with Gasteiger partial charge in [0.25, 0.3) is 0 Å². The molecule has 0 saturated heterocycles. The van der Waals surface area contributed by atoms with Crippen LogP contribution < -0.4 is 19.5 Å². The average Bonchev–Trinajstić information content (AvgIpc) is 2.99. The number of rotatable bonds is 5. The first-order valence-corrected chi connectivity index (χ1v) is 7.73. The molecule has 126 valence electrons. The third-order valence-electron chi connectivity index (χ3n) is 3.59. The van der Waals surface area contributed by atoms with Gasteiger partial charge in [0.1, 0.15) is 0 Å². The minimum Gasteiger partial charge on any atom is -0.464 e. The minimum absolute atomic E-state index is 0.146. The highest BCUT2D eigenvalue weighted by molar-refractivity contribution is 5.93. The molecule has 7 heteroatoms. The highest BCUT2D eigenvalue weighted by Crippen LogP contribution is 2.32. The summed E-state index contributed by atoms with van der Waals surface area (Å²) in [7, 11) is 0. The van der Waals surface area contributed by atoms with Gasteiger partial charge in [0.15, 0.2) is 11.5 Å². The van der Waals surface area contributed by atoms with Gasteiger partial charge in [-0.2, -0.15) is 9.97 Å². The highest BCUT2D eigenvalue weighted by Gasteiger charge is 2.16. The Labute approximate surface area is 140 Å². The number of carbonyl (C=O) groups excluding carboxylic acids is 1. The van der Waals surface area contributed by atoms with Crippen LogP contribution in [0.2, 0.25) is 0 Å². The van der Waals surface area contributed by atoms with Crippen molar-refractivity contribution in [2.45, 2.75) is 27.2 Å². The van der Waals surface area contributed by atoms with E-state index in [0.717, 1.165) is 5.56 Å². The standard InChI is InChI=1S/C17H19N3O4/c1-4-22-17-18-10(2)16(11(3)19-17)20-15(21)8-12-5-6-13-14(7-12)24-9-23-13/h5-7H,4,8-9H2,1-3H3,(H,20,21). The first-order valence-electron chi connectivity index (χ1n) is 7.73. The molecule has 3 rings (SSSR count). The van der Waals surface area contributed by atoms with E-state index in [-0.39, 0.29) is 19.1 Å². The molecule has 0 fully saturated rings. The van der Waals surface area contributed by atoms with E-state index >= 15 is 0 Å². The molecule has 1 N–H and O–H groups in total. The van der Waals surface area contributed by atoms with Gasteiger partial charge in [-0.1, -0.05) is 6.07 Å². The van der Waals surface area contributed by atoms with Crippen molar-refractivity contribution in [1.29, 1.82) is 0 Å². The number of ether oxygens (including phenoxy) is 3. The van der Waals surface area contributed by atoms with Crippen LogP contribution in [0.5, 0.6) is 17.5 Å². The van der Waals surface area contributed by atoms with Crippen LogP contribution in [0.25, 0.3) is 0 Å². The van der Waals surface area contributed by atoms with Crippen LogP contribution in [0, 0.1) is 13.8 Å². The Morgan fingerprint density at radius 2 is 1.92 bits per heavy atom. The number of carbonyl (C=O) groups is 1. The van der Waals surface area contributed by atoms with E-state index in [1.54, 1.807) is 6.07 Å². The van der Waals surface area contributed by atoms with Gasteiger partial charge < -0.3 is 19.5 Å². The summed E-state index contributed by atoms with van der Waals surface area (Å²) in [5, 5.41) is 2.87. The molecule has 0 saturated carbocycles. The van der Waals surface area contributed by atoms with Gasteiger partial charge in [-0.05, 0) is 38.5 Å². The molecule has 1 aliphatic rings. The van der Waals surface area contributed by atoms with Gasteiger partial charge >= 0.3 is 6.01 Å². The summed E-state index contributed by atoms with van der Waals surface area (Å²) in [6, 6.07) is 5.79. The number of hydrogen-bond donors (Lipinski definition) is 1. The van der Waals surface area contributed by atoms with Gasteiger partial charge in [0, 0.05) is 0 Å². The zero-order valence-electron chi connectivity index (χ0n) is 13.9. The van der Waals surface area contributed by atoms with Gasteiger partial charge in [0.05, 0.1) is 30.1 Å². The van der Waals surface area contributed by atoms with Crippen molar-refractivity contribution < 1.29 is 19.0 Å². The maximum Gasteiger partial charge on any atom is 0.316 e. The van der Waals surface area contributed by atoms with Crippen LogP contribution in [0.4, 0.5) is 5.69 Å². The number of nitrogens with zero attached hydrogens (tertiary/aromatic N) is 2. The molecule has 0 spiro atoms. The van der Waals surface area contributed by atoms with Crippen molar-refractivity contribution in [2.75, 3.05) is 18.7 Å². The fourth-order valence-electron chi connectivity index (χ4n) is 2.48. The molecule has 24 heavy (non-hydrogen) atoms. The Bertz CT molecular complexity index is 753. The molecule has 0 radical (unpaired) electrons. The van der Waals surface area contributed by atoms with Crippen molar-refractivity contribution in [3.63, 3.8) is 0 Å². The van der Waals surface area contributed by atoms with Crippen molar-refractivity contribution >= 4 is 11.6 Å². The second-order valence-corrected chi connectivity index (χ2v) is 5.40. The number of aromatic nitrogens is 2. The zero-order chi connectivity index (χ0) is 17.1. The van der Waals surface area contributed by atoms with E-state index in [1.165, 1.54) is 0 Å². The van der Waals surface area contributed by atoms with Crippen LogP contribution >= 0.6 is 0 Å².